The maximum absolute atomic E-state index is 13.1. The molecule has 12 heteroatoms. The van der Waals surface area contributed by atoms with Crippen LogP contribution < -0.4 is 9.62 Å². The molecule has 180 valence electrons. The third-order valence-electron chi connectivity index (χ3n) is 5.06. The van der Waals surface area contributed by atoms with Gasteiger partial charge in [-0.05, 0) is 44.2 Å². The third kappa shape index (κ3) is 5.81. The normalized spacial score (nSPS) is 11.6. The highest BCUT2D eigenvalue weighted by Crippen LogP contribution is 2.34. The molecule has 0 bridgehead atoms. The van der Waals surface area contributed by atoms with E-state index in [4.69, 9.17) is 11.6 Å². The van der Waals surface area contributed by atoms with E-state index < -0.39 is 10.0 Å². The van der Waals surface area contributed by atoms with Crippen LogP contribution in [-0.2, 0) is 10.0 Å². The molecule has 2 aromatic carbocycles. The molecule has 0 fully saturated rings. The lowest BCUT2D eigenvalue weighted by atomic mass is 10.2. The number of aromatic nitrogens is 3. The molecule has 0 spiro atoms. The van der Waals surface area contributed by atoms with E-state index in [0.717, 1.165) is 35.9 Å². The van der Waals surface area contributed by atoms with Crippen LogP contribution in [0.15, 0.2) is 82.0 Å². The second-order valence-corrected chi connectivity index (χ2v) is 9.98. The molecule has 2 aromatic heterocycles. The lowest BCUT2D eigenvalue weighted by Crippen LogP contribution is -2.22. The fourth-order valence-electron chi connectivity index (χ4n) is 3.31. The average Bonchev–Trinajstić information content (AvgIpc) is 3.34. The van der Waals surface area contributed by atoms with Crippen LogP contribution in [0, 0.1) is 0 Å². The van der Waals surface area contributed by atoms with Gasteiger partial charge in [0, 0.05) is 42.1 Å². The maximum Gasteiger partial charge on any atom is 0.265 e. The number of hydrogen-bond acceptors (Lipinski definition) is 9. The summed E-state index contributed by atoms with van der Waals surface area (Å²) in [6.45, 7) is 5.56. The predicted molar refractivity (Wildman–Crippen MR) is 140 cm³/mol. The first-order chi connectivity index (χ1) is 16.9. The van der Waals surface area contributed by atoms with Gasteiger partial charge in [0.25, 0.3) is 10.0 Å². The number of benzene rings is 2. The van der Waals surface area contributed by atoms with E-state index in [1.54, 1.807) is 12.1 Å². The summed E-state index contributed by atoms with van der Waals surface area (Å²) in [5.74, 6) is 0.550. The summed E-state index contributed by atoms with van der Waals surface area (Å²) in [7, 11) is -4.03. The second kappa shape index (κ2) is 10.9. The van der Waals surface area contributed by atoms with Gasteiger partial charge in [-0.2, -0.15) is 9.36 Å². The standard InChI is InChI=1S/C23H22ClN7O2S2/c1-3-31(4-2)17-12-13-18(19(15-17)30-35(32,33)20-11-8-14-25-21(20)24)27-28-23-26-22(29-34-23)16-9-6-5-7-10-16/h5-15,30H,3-4H2,1-2H3. The van der Waals surface area contributed by atoms with Gasteiger partial charge in [-0.3, -0.25) is 4.72 Å². The molecular weight excluding hydrogens is 506 g/mol. The van der Waals surface area contributed by atoms with Gasteiger partial charge in [-0.15, -0.1) is 10.2 Å². The molecule has 4 rings (SSSR count). The van der Waals surface area contributed by atoms with Crippen LogP contribution in [0.2, 0.25) is 5.15 Å². The van der Waals surface area contributed by atoms with Crippen molar-refractivity contribution in [2.45, 2.75) is 18.7 Å². The minimum atomic E-state index is -4.03. The second-order valence-electron chi connectivity index (χ2n) is 7.24. The number of nitrogens with one attached hydrogen (secondary N) is 1. The van der Waals surface area contributed by atoms with Crippen LogP contribution in [0.25, 0.3) is 11.4 Å². The quantitative estimate of drug-likeness (QED) is 0.201. The average molecular weight is 528 g/mol. The first kappa shape index (κ1) is 24.7. The number of azo groups is 1. The first-order valence-electron chi connectivity index (χ1n) is 10.7. The number of hydrogen-bond donors (Lipinski definition) is 1. The van der Waals surface area contributed by atoms with E-state index in [2.05, 4.69) is 34.2 Å². The lowest BCUT2D eigenvalue weighted by molar-refractivity contribution is 0.601. The van der Waals surface area contributed by atoms with E-state index in [9.17, 15) is 8.42 Å². The van der Waals surface area contributed by atoms with Gasteiger partial charge < -0.3 is 4.90 Å². The Morgan fingerprint density at radius 3 is 2.51 bits per heavy atom. The molecule has 0 saturated carbocycles. The third-order valence-corrected chi connectivity index (χ3v) is 7.47. The molecule has 9 nitrogen and oxygen atoms in total. The fourth-order valence-corrected chi connectivity index (χ4v) is 5.35. The molecular formula is C23H22ClN7O2S2. The fraction of sp³-hybridized carbons (Fsp3) is 0.174. The van der Waals surface area contributed by atoms with Crippen molar-refractivity contribution in [1.29, 1.82) is 0 Å². The Labute approximate surface area is 212 Å². The summed E-state index contributed by atoms with van der Waals surface area (Å²) in [4.78, 5) is 10.2. The van der Waals surface area contributed by atoms with E-state index in [1.807, 2.05) is 50.2 Å². The minimum Gasteiger partial charge on any atom is -0.372 e. The van der Waals surface area contributed by atoms with Crippen LogP contribution >= 0.6 is 23.1 Å². The SMILES string of the molecule is CCN(CC)c1ccc(N=Nc2nc(-c3ccccc3)ns2)c(NS(=O)(=O)c2cccnc2Cl)c1. The Kier molecular flexibility index (Phi) is 7.69. The highest BCUT2D eigenvalue weighted by Gasteiger charge is 2.21. The summed E-state index contributed by atoms with van der Waals surface area (Å²) >= 11 is 7.14. The monoisotopic (exact) mass is 527 g/mol. The van der Waals surface area contributed by atoms with Crippen molar-refractivity contribution in [2.24, 2.45) is 10.2 Å². The van der Waals surface area contributed by atoms with Crippen molar-refractivity contribution >= 4 is 55.4 Å². The van der Waals surface area contributed by atoms with Gasteiger partial charge in [-0.25, -0.2) is 13.4 Å². The Morgan fingerprint density at radius 1 is 1.03 bits per heavy atom. The minimum absolute atomic E-state index is 0.120. The summed E-state index contributed by atoms with van der Waals surface area (Å²) in [6, 6.07) is 17.7. The van der Waals surface area contributed by atoms with Gasteiger partial charge >= 0.3 is 0 Å². The largest absolute Gasteiger partial charge is 0.372 e. The van der Waals surface area contributed by atoms with Crippen molar-refractivity contribution in [1.82, 2.24) is 14.3 Å². The molecule has 0 radical (unpaired) electrons. The predicted octanol–water partition coefficient (Wildman–Crippen LogP) is 6.32. The van der Waals surface area contributed by atoms with Crippen molar-refractivity contribution < 1.29 is 8.42 Å². The molecule has 0 aliphatic heterocycles. The number of pyridine rings is 1. The van der Waals surface area contributed by atoms with E-state index >= 15 is 0 Å². The molecule has 1 N–H and O–H groups in total. The van der Waals surface area contributed by atoms with Gasteiger partial charge in [0.1, 0.15) is 15.7 Å². The molecule has 0 saturated heterocycles. The van der Waals surface area contributed by atoms with E-state index in [1.165, 1.54) is 18.3 Å². The van der Waals surface area contributed by atoms with Gasteiger partial charge in [-0.1, -0.05) is 41.9 Å². The highest BCUT2D eigenvalue weighted by molar-refractivity contribution is 7.92. The van der Waals surface area contributed by atoms with Gasteiger partial charge in [0.05, 0.1) is 5.69 Å². The Morgan fingerprint density at radius 2 is 1.80 bits per heavy atom. The van der Waals surface area contributed by atoms with Crippen molar-refractivity contribution in [2.75, 3.05) is 22.7 Å². The van der Waals surface area contributed by atoms with Crippen LogP contribution in [0.1, 0.15) is 13.8 Å². The summed E-state index contributed by atoms with van der Waals surface area (Å²) in [6.07, 6.45) is 1.42. The summed E-state index contributed by atoms with van der Waals surface area (Å²) < 4.78 is 33.1. The van der Waals surface area contributed by atoms with Gasteiger partial charge in [0.15, 0.2) is 5.82 Å². The molecule has 0 atom stereocenters. The van der Waals surface area contributed by atoms with Crippen molar-refractivity contribution in [3.05, 3.63) is 72.0 Å². The Bertz CT molecular complexity index is 1440. The Balaban J connectivity index is 1.69. The summed E-state index contributed by atoms with van der Waals surface area (Å²) in [5, 5.41) is 8.70. The zero-order valence-electron chi connectivity index (χ0n) is 19.0. The zero-order chi connectivity index (χ0) is 24.8. The molecule has 35 heavy (non-hydrogen) atoms. The lowest BCUT2D eigenvalue weighted by Gasteiger charge is -2.22. The number of anilines is 2. The maximum atomic E-state index is 13.1. The molecule has 0 aliphatic rings. The van der Waals surface area contributed by atoms with Crippen molar-refractivity contribution in [3.63, 3.8) is 0 Å². The molecule has 4 aromatic rings. The van der Waals surface area contributed by atoms with Crippen LogP contribution in [0.4, 0.5) is 22.2 Å². The Hall–Kier alpha value is -3.41. The topological polar surface area (TPSA) is 113 Å². The highest BCUT2D eigenvalue weighted by atomic mass is 35.5. The number of nitrogens with zero attached hydrogens (tertiary/aromatic N) is 6. The van der Waals surface area contributed by atoms with Crippen LogP contribution in [0.5, 0.6) is 0 Å². The zero-order valence-corrected chi connectivity index (χ0v) is 21.3. The van der Waals surface area contributed by atoms with Crippen molar-refractivity contribution in [3.8, 4) is 11.4 Å². The van der Waals surface area contributed by atoms with Crippen LogP contribution in [0.3, 0.4) is 0 Å². The summed E-state index contributed by atoms with van der Waals surface area (Å²) in [5.41, 5.74) is 2.29. The number of rotatable bonds is 9. The number of sulfonamides is 1. The number of halogens is 1. The molecule has 0 aliphatic carbocycles. The molecule has 0 amide bonds. The smallest absolute Gasteiger partial charge is 0.265 e. The molecule has 0 unspecified atom stereocenters. The first-order valence-corrected chi connectivity index (χ1v) is 13.4. The van der Waals surface area contributed by atoms with Gasteiger partial charge in [0.2, 0.25) is 5.13 Å². The van der Waals surface area contributed by atoms with E-state index in [0.29, 0.717) is 16.6 Å². The molecule has 2 heterocycles. The van der Waals surface area contributed by atoms with Crippen LogP contribution in [-0.4, -0.2) is 35.8 Å². The van der Waals surface area contributed by atoms with E-state index in [-0.39, 0.29) is 15.7 Å².